The van der Waals surface area contributed by atoms with Gasteiger partial charge in [-0.05, 0) is 53.8 Å². The van der Waals surface area contributed by atoms with E-state index >= 15 is 0 Å². The van der Waals surface area contributed by atoms with Crippen molar-refractivity contribution in [1.29, 1.82) is 0 Å². The maximum absolute atomic E-state index is 12.7. The molecule has 1 amide bonds. The first-order valence-electron chi connectivity index (χ1n) is 10.2. The number of hydrogen-bond acceptors (Lipinski definition) is 5. The standard InChI is InChI=1S/C20H34N6O/c1-5-15(2)14-25-11-8-18-22-23-19(26(18)13-12-25)16(3)21-20(27)17-6-9-24(4)10-7-17/h5,16-17H,6-14H2,1-4H3,(H,21,27). The van der Waals surface area contributed by atoms with Crippen LogP contribution in [0, 0.1) is 5.92 Å². The van der Waals surface area contributed by atoms with Gasteiger partial charge in [0.15, 0.2) is 5.82 Å². The molecule has 0 spiro atoms. The minimum Gasteiger partial charge on any atom is -0.346 e. The van der Waals surface area contributed by atoms with E-state index in [0.29, 0.717) is 0 Å². The molecular formula is C20H34N6O. The summed E-state index contributed by atoms with van der Waals surface area (Å²) < 4.78 is 2.21. The Labute approximate surface area is 162 Å². The van der Waals surface area contributed by atoms with E-state index in [4.69, 9.17) is 0 Å². The average Bonchev–Trinajstić information content (AvgIpc) is 2.97. The molecule has 0 radical (unpaired) electrons. The predicted octanol–water partition coefficient (Wildman–Crippen LogP) is 1.62. The van der Waals surface area contributed by atoms with Crippen molar-refractivity contribution in [3.8, 4) is 0 Å². The number of carbonyl (C=O) groups excluding carboxylic acids is 1. The van der Waals surface area contributed by atoms with Crippen LogP contribution in [0.4, 0.5) is 0 Å². The summed E-state index contributed by atoms with van der Waals surface area (Å²) in [7, 11) is 2.11. The Balaban J connectivity index is 1.60. The van der Waals surface area contributed by atoms with Crippen molar-refractivity contribution in [3.63, 3.8) is 0 Å². The van der Waals surface area contributed by atoms with Gasteiger partial charge in [0.05, 0.1) is 6.04 Å². The molecule has 2 aliphatic rings. The largest absolute Gasteiger partial charge is 0.346 e. The summed E-state index contributed by atoms with van der Waals surface area (Å²) in [5.74, 6) is 2.20. The van der Waals surface area contributed by atoms with Gasteiger partial charge in [-0.2, -0.15) is 0 Å². The number of allylic oxidation sites excluding steroid dienone is 1. The lowest BCUT2D eigenvalue weighted by molar-refractivity contribution is -0.127. The molecule has 0 aromatic carbocycles. The topological polar surface area (TPSA) is 66.3 Å². The van der Waals surface area contributed by atoms with Gasteiger partial charge in [-0.25, -0.2) is 0 Å². The molecule has 0 aliphatic carbocycles. The zero-order chi connectivity index (χ0) is 19.4. The zero-order valence-corrected chi connectivity index (χ0v) is 17.2. The summed E-state index contributed by atoms with van der Waals surface area (Å²) in [5.41, 5.74) is 1.40. The molecule has 1 atom stereocenters. The first-order chi connectivity index (χ1) is 13.0. The van der Waals surface area contributed by atoms with Crippen LogP contribution in [0.15, 0.2) is 11.6 Å². The number of aromatic nitrogens is 3. The van der Waals surface area contributed by atoms with Gasteiger partial charge in [-0.1, -0.05) is 11.6 Å². The summed E-state index contributed by atoms with van der Waals surface area (Å²) in [4.78, 5) is 17.4. The van der Waals surface area contributed by atoms with Crippen LogP contribution in [0.5, 0.6) is 0 Å². The molecule has 1 saturated heterocycles. The van der Waals surface area contributed by atoms with Crippen molar-refractivity contribution in [3.05, 3.63) is 23.3 Å². The van der Waals surface area contributed by atoms with Gasteiger partial charge in [0, 0.05) is 38.5 Å². The Kier molecular flexibility index (Phi) is 6.65. The molecule has 1 fully saturated rings. The van der Waals surface area contributed by atoms with Crippen molar-refractivity contribution in [2.45, 2.75) is 52.6 Å². The van der Waals surface area contributed by atoms with Gasteiger partial charge in [-0.3, -0.25) is 9.69 Å². The van der Waals surface area contributed by atoms with E-state index in [9.17, 15) is 4.79 Å². The zero-order valence-electron chi connectivity index (χ0n) is 17.2. The van der Waals surface area contributed by atoms with Crippen LogP contribution in [0.25, 0.3) is 0 Å². The molecule has 0 saturated carbocycles. The summed E-state index contributed by atoms with van der Waals surface area (Å²) in [5, 5.41) is 12.0. The highest BCUT2D eigenvalue weighted by Crippen LogP contribution is 2.20. The number of likely N-dealkylation sites (tertiary alicyclic amines) is 1. The Hall–Kier alpha value is -1.73. The predicted molar refractivity (Wildman–Crippen MR) is 106 cm³/mol. The van der Waals surface area contributed by atoms with E-state index in [-0.39, 0.29) is 17.9 Å². The number of amides is 1. The second-order valence-corrected chi connectivity index (χ2v) is 8.10. The summed E-state index contributed by atoms with van der Waals surface area (Å²) in [6, 6.07) is -0.109. The quantitative estimate of drug-likeness (QED) is 0.794. The SMILES string of the molecule is CC=C(C)CN1CCc2nnc(C(C)NC(=O)C3CCN(C)CC3)n2CC1. The second kappa shape index (κ2) is 8.97. The van der Waals surface area contributed by atoms with Gasteiger partial charge >= 0.3 is 0 Å². The Morgan fingerprint density at radius 2 is 1.96 bits per heavy atom. The molecule has 7 heteroatoms. The van der Waals surface area contributed by atoms with Crippen LogP contribution >= 0.6 is 0 Å². The third-order valence-corrected chi connectivity index (χ3v) is 5.95. The Bertz CT molecular complexity index is 674. The lowest BCUT2D eigenvalue weighted by atomic mass is 9.96. The Morgan fingerprint density at radius 3 is 2.67 bits per heavy atom. The van der Waals surface area contributed by atoms with Gasteiger partial charge in [0.2, 0.25) is 5.91 Å². The van der Waals surface area contributed by atoms with Gasteiger partial charge < -0.3 is 14.8 Å². The molecule has 3 heterocycles. The van der Waals surface area contributed by atoms with Crippen molar-refractivity contribution in [1.82, 2.24) is 29.9 Å². The van der Waals surface area contributed by atoms with E-state index in [2.05, 4.69) is 56.9 Å². The summed E-state index contributed by atoms with van der Waals surface area (Å²) in [6.45, 7) is 12.2. The first kappa shape index (κ1) is 20.0. The molecule has 1 aromatic heterocycles. The number of carbonyl (C=O) groups is 1. The van der Waals surface area contributed by atoms with Crippen LogP contribution in [0.1, 0.15) is 51.3 Å². The number of nitrogens with one attached hydrogen (secondary N) is 1. The van der Waals surface area contributed by atoms with E-state index in [1.165, 1.54) is 5.57 Å². The monoisotopic (exact) mass is 374 g/mol. The average molecular weight is 375 g/mol. The lowest BCUT2D eigenvalue weighted by Crippen LogP contribution is -2.40. The molecular weight excluding hydrogens is 340 g/mol. The molecule has 2 aliphatic heterocycles. The fourth-order valence-electron chi connectivity index (χ4n) is 3.98. The highest BCUT2D eigenvalue weighted by molar-refractivity contribution is 5.79. The van der Waals surface area contributed by atoms with E-state index in [1.807, 2.05) is 6.92 Å². The maximum Gasteiger partial charge on any atom is 0.223 e. The normalized spacial score (nSPS) is 21.6. The van der Waals surface area contributed by atoms with Gasteiger partial charge in [0.25, 0.3) is 0 Å². The molecule has 150 valence electrons. The second-order valence-electron chi connectivity index (χ2n) is 8.10. The fraction of sp³-hybridized carbons (Fsp3) is 0.750. The highest BCUT2D eigenvalue weighted by atomic mass is 16.2. The number of nitrogens with zero attached hydrogens (tertiary/aromatic N) is 5. The molecule has 27 heavy (non-hydrogen) atoms. The minimum absolute atomic E-state index is 0.109. The smallest absolute Gasteiger partial charge is 0.223 e. The van der Waals surface area contributed by atoms with Crippen molar-refractivity contribution < 1.29 is 4.79 Å². The third-order valence-electron chi connectivity index (χ3n) is 5.95. The molecule has 1 aromatic rings. The highest BCUT2D eigenvalue weighted by Gasteiger charge is 2.27. The van der Waals surface area contributed by atoms with E-state index in [0.717, 1.165) is 70.2 Å². The van der Waals surface area contributed by atoms with Crippen molar-refractivity contribution in [2.75, 3.05) is 39.8 Å². The Morgan fingerprint density at radius 1 is 1.22 bits per heavy atom. The van der Waals surface area contributed by atoms with Crippen molar-refractivity contribution >= 4 is 5.91 Å². The molecule has 1 N–H and O–H groups in total. The maximum atomic E-state index is 12.7. The fourth-order valence-corrected chi connectivity index (χ4v) is 3.98. The third kappa shape index (κ3) is 4.96. The first-order valence-corrected chi connectivity index (χ1v) is 10.2. The molecule has 1 unspecified atom stereocenters. The van der Waals surface area contributed by atoms with E-state index < -0.39 is 0 Å². The van der Waals surface area contributed by atoms with Crippen LogP contribution in [0.2, 0.25) is 0 Å². The van der Waals surface area contributed by atoms with Crippen LogP contribution in [0.3, 0.4) is 0 Å². The van der Waals surface area contributed by atoms with Crippen LogP contribution in [-0.4, -0.2) is 70.2 Å². The molecule has 3 rings (SSSR count). The number of hydrogen-bond donors (Lipinski definition) is 1. The molecule has 7 nitrogen and oxygen atoms in total. The lowest BCUT2D eigenvalue weighted by Gasteiger charge is -2.29. The molecule has 0 bridgehead atoms. The minimum atomic E-state index is -0.109. The number of piperidine rings is 1. The van der Waals surface area contributed by atoms with Gasteiger partial charge in [-0.15, -0.1) is 10.2 Å². The number of fused-ring (bicyclic) bond motifs is 1. The number of rotatable bonds is 5. The summed E-state index contributed by atoms with van der Waals surface area (Å²) in [6.07, 6.45) is 4.95. The van der Waals surface area contributed by atoms with E-state index in [1.54, 1.807) is 0 Å². The van der Waals surface area contributed by atoms with Crippen molar-refractivity contribution in [2.24, 2.45) is 5.92 Å². The summed E-state index contributed by atoms with van der Waals surface area (Å²) >= 11 is 0. The van der Waals surface area contributed by atoms with Crippen LogP contribution < -0.4 is 5.32 Å². The van der Waals surface area contributed by atoms with Gasteiger partial charge in [0.1, 0.15) is 5.82 Å². The van der Waals surface area contributed by atoms with Crippen LogP contribution in [-0.2, 0) is 17.8 Å².